The first-order chi connectivity index (χ1) is 7.33. The Morgan fingerprint density at radius 3 is 2.50 bits per heavy atom. The monoisotopic (exact) mass is 238 g/mol. The largest absolute Gasteiger partial charge is 0.481 e. The minimum absolute atomic E-state index is 0.158. The van der Waals surface area contributed by atoms with Crippen LogP contribution in [0.3, 0.4) is 0 Å². The molecule has 1 N–H and O–H groups in total. The third-order valence-corrected chi connectivity index (χ3v) is 3.60. The van der Waals surface area contributed by atoms with Crippen LogP contribution in [0.2, 0.25) is 0 Å². The predicted octanol–water partition coefficient (Wildman–Crippen LogP) is 2.35. The molecule has 3 atom stereocenters. The van der Waals surface area contributed by atoms with Crippen molar-refractivity contribution in [3.63, 3.8) is 0 Å². The van der Waals surface area contributed by atoms with Crippen molar-refractivity contribution in [2.75, 3.05) is 0 Å². The number of rotatable bonds is 3. The molecule has 0 aromatic rings. The predicted molar refractivity (Wildman–Crippen MR) is 47.9 cm³/mol. The van der Waals surface area contributed by atoms with Gasteiger partial charge in [0.1, 0.15) is 0 Å². The summed E-state index contributed by atoms with van der Waals surface area (Å²) in [7, 11) is 0. The third kappa shape index (κ3) is 1.90. The first kappa shape index (κ1) is 11.7. The molecule has 0 aliphatic carbocycles. The van der Waals surface area contributed by atoms with E-state index >= 15 is 0 Å². The number of hydrogen-bond acceptors (Lipinski definition) is 2. The van der Waals surface area contributed by atoms with Crippen molar-refractivity contribution in [1.29, 1.82) is 0 Å². The first-order valence-electron chi connectivity index (χ1n) is 5.29. The highest BCUT2D eigenvalue weighted by Gasteiger charge is 2.57. The molecule has 3 unspecified atom stereocenters. The fraction of sp³-hybridized carbons (Fsp3) is 0.900. The van der Waals surface area contributed by atoms with Gasteiger partial charge in [0.15, 0.2) is 0 Å². The summed E-state index contributed by atoms with van der Waals surface area (Å²) >= 11 is 0. The number of fused-ring (bicyclic) bond motifs is 2. The van der Waals surface area contributed by atoms with Crippen LogP contribution in [-0.4, -0.2) is 29.5 Å². The van der Waals surface area contributed by atoms with Crippen LogP contribution in [0.25, 0.3) is 0 Å². The van der Waals surface area contributed by atoms with Crippen LogP contribution in [0.15, 0.2) is 0 Å². The molecule has 2 aliphatic heterocycles. The Kier molecular flexibility index (Phi) is 2.64. The second kappa shape index (κ2) is 3.61. The van der Waals surface area contributed by atoms with Gasteiger partial charge in [-0.25, -0.2) is 0 Å². The van der Waals surface area contributed by atoms with Gasteiger partial charge in [-0.15, -0.1) is 0 Å². The highest BCUT2D eigenvalue weighted by atomic mass is 19.4. The second-order valence-electron chi connectivity index (χ2n) is 4.60. The Labute approximate surface area is 90.6 Å². The van der Waals surface area contributed by atoms with Gasteiger partial charge in [-0.05, 0) is 25.7 Å². The maximum atomic E-state index is 12.2. The zero-order valence-electron chi connectivity index (χ0n) is 8.59. The molecule has 2 rings (SSSR count). The van der Waals surface area contributed by atoms with Gasteiger partial charge >= 0.3 is 12.1 Å². The van der Waals surface area contributed by atoms with Crippen LogP contribution in [0.1, 0.15) is 32.1 Å². The number of ether oxygens (including phenoxy) is 1. The van der Waals surface area contributed by atoms with E-state index in [2.05, 4.69) is 0 Å². The zero-order chi connectivity index (χ0) is 12.0. The molecule has 3 nitrogen and oxygen atoms in total. The van der Waals surface area contributed by atoms with E-state index in [-0.39, 0.29) is 18.9 Å². The quantitative estimate of drug-likeness (QED) is 0.820. The molecule has 2 heterocycles. The van der Waals surface area contributed by atoms with Crippen molar-refractivity contribution < 1.29 is 27.8 Å². The van der Waals surface area contributed by atoms with Crippen molar-refractivity contribution in [1.82, 2.24) is 0 Å². The lowest BCUT2D eigenvalue weighted by atomic mass is 9.71. The highest BCUT2D eigenvalue weighted by Crippen LogP contribution is 2.51. The fourth-order valence-electron chi connectivity index (χ4n) is 2.76. The standard InChI is InChI=1S/C10H13F3O3/c11-10(12,13)4-3-9(8(14)15)5-6-1-2-7(9)16-6/h6-7H,1-5H2,(H,14,15). The molecule has 0 amide bonds. The lowest BCUT2D eigenvalue weighted by molar-refractivity contribution is -0.162. The van der Waals surface area contributed by atoms with E-state index < -0.39 is 30.1 Å². The van der Waals surface area contributed by atoms with Crippen molar-refractivity contribution >= 4 is 5.97 Å². The maximum Gasteiger partial charge on any atom is 0.389 e. The summed E-state index contributed by atoms with van der Waals surface area (Å²) in [5.74, 6) is -1.15. The number of halogens is 3. The van der Waals surface area contributed by atoms with Crippen LogP contribution in [0, 0.1) is 5.41 Å². The molecule has 0 aromatic carbocycles. The number of carbonyl (C=O) groups is 1. The fourth-order valence-corrected chi connectivity index (χ4v) is 2.76. The van der Waals surface area contributed by atoms with Gasteiger partial charge in [-0.1, -0.05) is 0 Å². The van der Waals surface area contributed by atoms with Crippen LogP contribution < -0.4 is 0 Å². The Balaban J connectivity index is 2.09. The van der Waals surface area contributed by atoms with Gasteiger partial charge < -0.3 is 9.84 Å². The first-order valence-corrected chi connectivity index (χ1v) is 5.29. The van der Waals surface area contributed by atoms with Gasteiger partial charge in [-0.2, -0.15) is 13.2 Å². The number of carboxylic acid groups (broad SMARTS) is 1. The molecule has 0 saturated carbocycles. The van der Waals surface area contributed by atoms with E-state index in [1.807, 2.05) is 0 Å². The third-order valence-electron chi connectivity index (χ3n) is 3.60. The average molecular weight is 238 g/mol. The van der Waals surface area contributed by atoms with E-state index in [1.165, 1.54) is 0 Å². The summed E-state index contributed by atoms with van der Waals surface area (Å²) < 4.78 is 41.8. The summed E-state index contributed by atoms with van der Waals surface area (Å²) in [6.07, 6.45) is -4.85. The van der Waals surface area contributed by atoms with E-state index in [1.54, 1.807) is 0 Å². The van der Waals surface area contributed by atoms with Crippen molar-refractivity contribution in [3.05, 3.63) is 0 Å². The number of hydrogen-bond donors (Lipinski definition) is 1. The lowest BCUT2D eigenvalue weighted by Gasteiger charge is -2.31. The Bertz CT molecular complexity index is 302. The molecule has 6 heteroatoms. The molecule has 16 heavy (non-hydrogen) atoms. The summed E-state index contributed by atoms with van der Waals surface area (Å²) in [6, 6.07) is 0. The Morgan fingerprint density at radius 2 is 2.12 bits per heavy atom. The molecule has 0 spiro atoms. The Morgan fingerprint density at radius 1 is 1.44 bits per heavy atom. The maximum absolute atomic E-state index is 12.2. The molecule has 2 aliphatic rings. The van der Waals surface area contributed by atoms with Crippen LogP contribution in [0.5, 0.6) is 0 Å². The number of carboxylic acids is 1. The average Bonchev–Trinajstić information content (AvgIpc) is 2.72. The molecule has 2 fully saturated rings. The van der Waals surface area contributed by atoms with Crippen LogP contribution >= 0.6 is 0 Å². The van der Waals surface area contributed by atoms with Crippen molar-refractivity contribution in [2.45, 2.75) is 50.5 Å². The number of alkyl halides is 3. The van der Waals surface area contributed by atoms with E-state index in [4.69, 9.17) is 9.84 Å². The van der Waals surface area contributed by atoms with E-state index in [9.17, 15) is 18.0 Å². The lowest BCUT2D eigenvalue weighted by Crippen LogP contribution is -2.41. The number of aliphatic carboxylic acids is 1. The molecule has 2 saturated heterocycles. The van der Waals surface area contributed by atoms with E-state index in [0.717, 1.165) is 6.42 Å². The molecule has 0 aromatic heterocycles. The van der Waals surface area contributed by atoms with Crippen molar-refractivity contribution in [2.24, 2.45) is 5.41 Å². The van der Waals surface area contributed by atoms with Gasteiger partial charge in [0.25, 0.3) is 0 Å². The molecule has 92 valence electrons. The topological polar surface area (TPSA) is 46.5 Å². The van der Waals surface area contributed by atoms with Gasteiger partial charge in [-0.3, -0.25) is 4.79 Å². The normalized spacial score (nSPS) is 37.9. The van der Waals surface area contributed by atoms with E-state index in [0.29, 0.717) is 6.42 Å². The summed E-state index contributed by atoms with van der Waals surface area (Å²) in [5.41, 5.74) is -1.31. The minimum Gasteiger partial charge on any atom is -0.481 e. The zero-order valence-corrected chi connectivity index (χ0v) is 8.59. The SMILES string of the molecule is O=C(O)C1(CCC(F)(F)F)CC2CCC1O2. The summed E-state index contributed by atoms with van der Waals surface area (Å²) in [5, 5.41) is 9.14. The van der Waals surface area contributed by atoms with Crippen LogP contribution in [-0.2, 0) is 9.53 Å². The van der Waals surface area contributed by atoms with Crippen molar-refractivity contribution in [3.8, 4) is 0 Å². The molecular weight excluding hydrogens is 225 g/mol. The molecular formula is C10H13F3O3. The summed E-state index contributed by atoms with van der Waals surface area (Å²) in [4.78, 5) is 11.2. The van der Waals surface area contributed by atoms with Gasteiger partial charge in [0, 0.05) is 6.42 Å². The molecule has 2 bridgehead atoms. The smallest absolute Gasteiger partial charge is 0.389 e. The Hall–Kier alpha value is -0.780. The minimum atomic E-state index is -4.30. The van der Waals surface area contributed by atoms with Crippen LogP contribution in [0.4, 0.5) is 13.2 Å². The van der Waals surface area contributed by atoms with Gasteiger partial charge in [0.05, 0.1) is 17.6 Å². The summed E-state index contributed by atoms with van der Waals surface area (Å²) in [6.45, 7) is 0. The molecule has 0 radical (unpaired) electrons. The van der Waals surface area contributed by atoms with Gasteiger partial charge in [0.2, 0.25) is 0 Å². The highest BCUT2D eigenvalue weighted by molar-refractivity contribution is 5.76. The second-order valence-corrected chi connectivity index (χ2v) is 4.60.